The van der Waals surface area contributed by atoms with Gasteiger partial charge in [0.2, 0.25) is 0 Å². The molecule has 128 valence electrons. The maximum absolute atomic E-state index is 4.66. The quantitative estimate of drug-likeness (QED) is 0.930. The number of imidazole rings is 1. The van der Waals surface area contributed by atoms with E-state index in [4.69, 9.17) is 0 Å². The number of H-pyrrole nitrogens is 1. The van der Waals surface area contributed by atoms with Crippen LogP contribution in [0.2, 0.25) is 0 Å². The largest absolute Gasteiger partial charge is 0.356 e. The number of pyridine rings is 1. The van der Waals surface area contributed by atoms with Gasteiger partial charge in [0.05, 0.1) is 18.2 Å². The van der Waals surface area contributed by atoms with Gasteiger partial charge >= 0.3 is 0 Å². The minimum absolute atomic E-state index is 0.731. The average Bonchev–Trinajstić information content (AvgIpc) is 3.17. The van der Waals surface area contributed by atoms with Gasteiger partial charge in [0, 0.05) is 57.1 Å². The van der Waals surface area contributed by atoms with E-state index in [1.165, 1.54) is 39.0 Å². The molecule has 4 rings (SSSR count). The second kappa shape index (κ2) is 6.91. The summed E-state index contributed by atoms with van der Waals surface area (Å²) in [5, 5.41) is 0. The van der Waals surface area contributed by atoms with Crippen molar-refractivity contribution in [3.63, 3.8) is 0 Å². The van der Waals surface area contributed by atoms with Crippen molar-refractivity contribution in [2.24, 2.45) is 0 Å². The Morgan fingerprint density at radius 3 is 2.58 bits per heavy atom. The molecule has 6 nitrogen and oxygen atoms in total. The lowest BCUT2D eigenvalue weighted by molar-refractivity contribution is 0.0981. The Morgan fingerprint density at radius 1 is 1.08 bits per heavy atom. The lowest BCUT2D eigenvalue weighted by Crippen LogP contribution is -2.52. The van der Waals surface area contributed by atoms with Crippen molar-refractivity contribution >= 4 is 5.82 Å². The van der Waals surface area contributed by atoms with E-state index < -0.39 is 0 Å². The topological polar surface area (TPSA) is 51.3 Å². The predicted molar refractivity (Wildman–Crippen MR) is 96.1 cm³/mol. The summed E-state index contributed by atoms with van der Waals surface area (Å²) in [5.41, 5.74) is 2.19. The molecule has 2 aliphatic rings. The molecule has 0 unspecified atom stereocenters. The lowest BCUT2D eigenvalue weighted by Gasteiger charge is -2.42. The van der Waals surface area contributed by atoms with Crippen LogP contribution in [0.4, 0.5) is 5.82 Å². The van der Waals surface area contributed by atoms with Gasteiger partial charge in [-0.2, -0.15) is 0 Å². The van der Waals surface area contributed by atoms with Crippen LogP contribution in [0.3, 0.4) is 0 Å². The van der Waals surface area contributed by atoms with Crippen LogP contribution < -0.4 is 4.90 Å². The highest BCUT2D eigenvalue weighted by molar-refractivity contribution is 5.72. The second-order valence-electron chi connectivity index (χ2n) is 6.90. The Morgan fingerprint density at radius 2 is 1.88 bits per heavy atom. The number of nitrogens with one attached hydrogen (secondary N) is 1. The summed E-state index contributed by atoms with van der Waals surface area (Å²) in [6, 6.07) is 4.85. The first-order valence-corrected chi connectivity index (χ1v) is 8.92. The standard InChI is InChI=1S/C18H26N6/c1-22-9-11-23(12-10-22)15-4-7-24(8-5-15)18-16(3-2-6-20-18)17-13-19-14-21-17/h2-3,6,13-15H,4-5,7-12H2,1H3,(H,19,21). The summed E-state index contributed by atoms with van der Waals surface area (Å²) in [4.78, 5) is 19.6. The number of piperazine rings is 1. The van der Waals surface area contributed by atoms with Gasteiger partial charge in [-0.15, -0.1) is 0 Å². The van der Waals surface area contributed by atoms with E-state index >= 15 is 0 Å². The maximum Gasteiger partial charge on any atom is 0.137 e. The SMILES string of the molecule is CN1CCN(C2CCN(c3ncccc3-c3cnc[nH]3)CC2)CC1. The molecule has 1 N–H and O–H groups in total. The Bertz CT molecular complexity index is 639. The van der Waals surface area contributed by atoms with Crippen molar-refractivity contribution < 1.29 is 0 Å². The van der Waals surface area contributed by atoms with E-state index in [-0.39, 0.29) is 0 Å². The molecular weight excluding hydrogens is 300 g/mol. The fraction of sp³-hybridized carbons (Fsp3) is 0.556. The second-order valence-corrected chi connectivity index (χ2v) is 6.90. The summed E-state index contributed by atoms with van der Waals surface area (Å²) >= 11 is 0. The number of anilines is 1. The fourth-order valence-corrected chi connectivity index (χ4v) is 3.89. The highest BCUT2D eigenvalue weighted by Gasteiger charge is 2.28. The molecule has 2 saturated heterocycles. The van der Waals surface area contributed by atoms with Gasteiger partial charge in [-0.1, -0.05) is 0 Å². The highest BCUT2D eigenvalue weighted by atomic mass is 15.3. The predicted octanol–water partition coefficient (Wildman–Crippen LogP) is 1.69. The van der Waals surface area contributed by atoms with E-state index in [1.807, 2.05) is 18.5 Å². The number of aromatic nitrogens is 3. The molecule has 0 aromatic carbocycles. The molecular formula is C18H26N6. The van der Waals surface area contributed by atoms with Crippen molar-refractivity contribution in [3.8, 4) is 11.3 Å². The molecule has 0 bridgehead atoms. The average molecular weight is 326 g/mol. The van der Waals surface area contributed by atoms with Crippen LogP contribution in [-0.2, 0) is 0 Å². The lowest BCUT2D eigenvalue weighted by atomic mass is 10.0. The number of likely N-dealkylation sites (N-methyl/N-ethyl adjacent to an activating group) is 1. The highest BCUT2D eigenvalue weighted by Crippen LogP contribution is 2.30. The Kier molecular flexibility index (Phi) is 4.49. The molecule has 0 aliphatic carbocycles. The minimum atomic E-state index is 0.731. The summed E-state index contributed by atoms with van der Waals surface area (Å²) in [5.74, 6) is 1.08. The van der Waals surface area contributed by atoms with Gasteiger partial charge in [0.25, 0.3) is 0 Å². The zero-order chi connectivity index (χ0) is 16.4. The third-order valence-electron chi connectivity index (χ3n) is 5.39. The smallest absolute Gasteiger partial charge is 0.137 e. The zero-order valence-electron chi connectivity index (χ0n) is 14.4. The minimum Gasteiger partial charge on any atom is -0.356 e. The van der Waals surface area contributed by atoms with Crippen LogP contribution >= 0.6 is 0 Å². The van der Waals surface area contributed by atoms with Gasteiger partial charge in [0.1, 0.15) is 5.82 Å². The Labute approximate surface area is 143 Å². The van der Waals surface area contributed by atoms with Crippen LogP contribution in [0.25, 0.3) is 11.3 Å². The van der Waals surface area contributed by atoms with Crippen molar-refractivity contribution in [2.75, 3.05) is 51.2 Å². The third kappa shape index (κ3) is 3.16. The molecule has 0 amide bonds. The molecule has 2 aromatic rings. The van der Waals surface area contributed by atoms with Gasteiger partial charge in [-0.05, 0) is 32.0 Å². The van der Waals surface area contributed by atoms with Gasteiger partial charge in [0.15, 0.2) is 0 Å². The maximum atomic E-state index is 4.66. The molecule has 2 fully saturated rings. The normalized spacial score (nSPS) is 21.3. The van der Waals surface area contributed by atoms with Gasteiger partial charge < -0.3 is 14.8 Å². The Hall–Kier alpha value is -1.92. The van der Waals surface area contributed by atoms with E-state index in [9.17, 15) is 0 Å². The van der Waals surface area contributed by atoms with Crippen molar-refractivity contribution in [1.29, 1.82) is 0 Å². The van der Waals surface area contributed by atoms with E-state index in [0.717, 1.165) is 36.2 Å². The number of nitrogens with zero attached hydrogens (tertiary/aromatic N) is 5. The molecule has 0 radical (unpaired) electrons. The zero-order valence-corrected chi connectivity index (χ0v) is 14.4. The number of aromatic amines is 1. The number of rotatable bonds is 3. The summed E-state index contributed by atoms with van der Waals surface area (Å²) in [7, 11) is 2.22. The summed E-state index contributed by atoms with van der Waals surface area (Å²) < 4.78 is 0. The van der Waals surface area contributed by atoms with Crippen LogP contribution in [-0.4, -0.2) is 77.1 Å². The fourth-order valence-electron chi connectivity index (χ4n) is 3.89. The van der Waals surface area contributed by atoms with E-state index in [0.29, 0.717) is 0 Å². The van der Waals surface area contributed by atoms with Crippen LogP contribution in [0.15, 0.2) is 30.9 Å². The van der Waals surface area contributed by atoms with E-state index in [2.05, 4.69) is 42.8 Å². The number of hydrogen-bond donors (Lipinski definition) is 1. The molecule has 0 spiro atoms. The van der Waals surface area contributed by atoms with Crippen molar-refractivity contribution in [3.05, 3.63) is 30.9 Å². The third-order valence-corrected chi connectivity index (χ3v) is 5.39. The molecule has 2 aromatic heterocycles. The Balaban J connectivity index is 1.43. The van der Waals surface area contributed by atoms with Crippen LogP contribution in [0.5, 0.6) is 0 Å². The number of piperidine rings is 1. The molecule has 0 atom stereocenters. The first-order valence-electron chi connectivity index (χ1n) is 8.92. The first-order chi connectivity index (χ1) is 11.8. The van der Waals surface area contributed by atoms with Crippen LogP contribution in [0.1, 0.15) is 12.8 Å². The van der Waals surface area contributed by atoms with Gasteiger partial charge in [-0.3, -0.25) is 4.90 Å². The molecule has 4 heterocycles. The number of hydrogen-bond acceptors (Lipinski definition) is 5. The molecule has 2 aliphatic heterocycles. The van der Waals surface area contributed by atoms with Crippen molar-refractivity contribution in [1.82, 2.24) is 24.8 Å². The summed E-state index contributed by atoms with van der Waals surface area (Å²) in [6.45, 7) is 6.98. The monoisotopic (exact) mass is 326 g/mol. The van der Waals surface area contributed by atoms with Gasteiger partial charge in [-0.25, -0.2) is 9.97 Å². The van der Waals surface area contributed by atoms with Crippen LogP contribution in [0, 0.1) is 0 Å². The van der Waals surface area contributed by atoms with E-state index in [1.54, 1.807) is 6.33 Å². The molecule has 6 heteroatoms. The van der Waals surface area contributed by atoms with Crippen molar-refractivity contribution in [2.45, 2.75) is 18.9 Å². The molecule has 24 heavy (non-hydrogen) atoms. The first kappa shape index (κ1) is 15.6. The summed E-state index contributed by atoms with van der Waals surface area (Å²) in [6.07, 6.45) is 7.94. The molecule has 0 saturated carbocycles.